The fourth-order valence-corrected chi connectivity index (χ4v) is 6.24. The predicted molar refractivity (Wildman–Crippen MR) is 131 cm³/mol. The van der Waals surface area contributed by atoms with Gasteiger partial charge in [-0.1, -0.05) is 24.3 Å². The van der Waals surface area contributed by atoms with Gasteiger partial charge in [-0.15, -0.1) is 0 Å². The number of rotatable bonds is 3. The number of piperidine rings is 1. The quantitative estimate of drug-likeness (QED) is 0.563. The predicted octanol–water partition coefficient (Wildman–Crippen LogP) is 4.12. The molecule has 1 N–H and O–H groups in total. The van der Waals surface area contributed by atoms with Gasteiger partial charge in [0.1, 0.15) is 0 Å². The lowest BCUT2D eigenvalue weighted by Gasteiger charge is -2.39. The molecule has 0 radical (unpaired) electrons. The molecule has 0 atom stereocenters. The number of thiophene rings is 1. The van der Waals surface area contributed by atoms with E-state index in [9.17, 15) is 4.79 Å². The maximum absolute atomic E-state index is 12.6. The van der Waals surface area contributed by atoms with Crippen molar-refractivity contribution in [3.63, 3.8) is 0 Å². The van der Waals surface area contributed by atoms with Crippen molar-refractivity contribution in [2.75, 3.05) is 26.2 Å². The molecular weight excluding hydrogens is 422 g/mol. The Hall–Kier alpha value is -2.18. The fraction of sp³-hybridized carbons (Fsp3) is 0.440. The van der Waals surface area contributed by atoms with Crippen molar-refractivity contribution < 1.29 is 4.79 Å². The summed E-state index contributed by atoms with van der Waals surface area (Å²) in [5, 5.41) is 8.63. The van der Waals surface area contributed by atoms with Crippen molar-refractivity contribution in [3.05, 3.63) is 63.9 Å². The summed E-state index contributed by atoms with van der Waals surface area (Å²) < 4.78 is 0. The zero-order chi connectivity index (χ0) is 21.3. The molecule has 1 aromatic carbocycles. The molecule has 2 fully saturated rings. The van der Waals surface area contributed by atoms with Crippen molar-refractivity contribution in [1.82, 2.24) is 15.1 Å². The molecule has 4 nitrogen and oxygen atoms in total. The molecule has 0 bridgehead atoms. The average Bonchev–Trinajstić information content (AvgIpc) is 3.52. The largest absolute Gasteiger partial charge is 0.359 e. The highest BCUT2D eigenvalue weighted by atomic mass is 32.1. The molecule has 3 aliphatic rings. The van der Waals surface area contributed by atoms with Gasteiger partial charge >= 0.3 is 0 Å². The third-order valence-corrected chi connectivity index (χ3v) is 8.28. The van der Waals surface area contributed by atoms with E-state index in [0.717, 1.165) is 62.5 Å². The van der Waals surface area contributed by atoms with Crippen LogP contribution in [0.25, 0.3) is 6.08 Å². The second-order valence-corrected chi connectivity index (χ2v) is 10.4. The molecule has 0 unspecified atom stereocenters. The van der Waals surface area contributed by atoms with Crippen molar-refractivity contribution in [1.29, 1.82) is 0 Å². The van der Waals surface area contributed by atoms with E-state index < -0.39 is 0 Å². The number of thiocarbonyl (C=S) groups is 1. The molecule has 3 heterocycles. The van der Waals surface area contributed by atoms with E-state index in [1.54, 1.807) is 17.4 Å². The minimum atomic E-state index is 0.133. The summed E-state index contributed by atoms with van der Waals surface area (Å²) in [7, 11) is 0. The topological polar surface area (TPSA) is 35.6 Å². The Bertz CT molecular complexity index is 951. The number of benzene rings is 1. The summed E-state index contributed by atoms with van der Waals surface area (Å²) in [4.78, 5) is 16.9. The third kappa shape index (κ3) is 4.55. The summed E-state index contributed by atoms with van der Waals surface area (Å²) in [6.45, 7) is 3.74. The molecule has 2 saturated heterocycles. The lowest BCUT2D eigenvalue weighted by atomic mass is 9.78. The van der Waals surface area contributed by atoms with Gasteiger partial charge in [0, 0.05) is 38.3 Å². The van der Waals surface area contributed by atoms with Crippen molar-refractivity contribution in [3.8, 4) is 0 Å². The van der Waals surface area contributed by atoms with Gasteiger partial charge in [0.15, 0.2) is 5.11 Å². The minimum absolute atomic E-state index is 0.133. The minimum Gasteiger partial charge on any atom is -0.359 e. The number of amides is 1. The van der Waals surface area contributed by atoms with Gasteiger partial charge in [-0.05, 0) is 89.3 Å². The van der Waals surface area contributed by atoms with Crippen molar-refractivity contribution >= 4 is 40.7 Å². The monoisotopic (exact) mass is 451 g/mol. The first-order valence-electron chi connectivity index (χ1n) is 11.2. The van der Waals surface area contributed by atoms with E-state index in [1.165, 1.54) is 17.5 Å². The van der Waals surface area contributed by atoms with Crippen molar-refractivity contribution in [2.45, 2.75) is 38.1 Å². The van der Waals surface area contributed by atoms with E-state index in [4.69, 9.17) is 12.2 Å². The van der Waals surface area contributed by atoms with Crippen LogP contribution in [0.15, 0.2) is 47.2 Å². The summed E-state index contributed by atoms with van der Waals surface area (Å²) in [5.74, 6) is 0.133. The molecule has 1 aliphatic carbocycles. The normalized spacial score (nSPS) is 20.5. The number of fused-ring (bicyclic) bond motifs is 1. The van der Waals surface area contributed by atoms with Gasteiger partial charge < -0.3 is 15.1 Å². The highest BCUT2D eigenvalue weighted by Crippen LogP contribution is 2.40. The molecule has 6 heteroatoms. The summed E-state index contributed by atoms with van der Waals surface area (Å²) in [5.41, 5.74) is 4.30. The summed E-state index contributed by atoms with van der Waals surface area (Å²) in [6, 6.07) is 11.2. The zero-order valence-electron chi connectivity index (χ0n) is 17.8. The Morgan fingerprint density at radius 3 is 2.39 bits per heavy atom. The molecule has 1 aromatic heterocycles. The SMILES string of the molecule is O=C(/C=C/c1ccsc1)N1CCC2(CC1)CCN(C(=S)NC1Cc3ccccc3C1)C2. The summed E-state index contributed by atoms with van der Waals surface area (Å²) >= 11 is 7.45. The number of likely N-dealkylation sites (tertiary alicyclic amines) is 2. The first-order chi connectivity index (χ1) is 15.1. The van der Waals surface area contributed by atoms with E-state index in [2.05, 4.69) is 39.9 Å². The Balaban J connectivity index is 1.11. The van der Waals surface area contributed by atoms with Crippen LogP contribution >= 0.6 is 23.6 Å². The van der Waals surface area contributed by atoms with E-state index in [0.29, 0.717) is 11.5 Å². The lowest BCUT2D eigenvalue weighted by molar-refractivity contribution is -0.128. The first kappa shape index (κ1) is 20.7. The van der Waals surface area contributed by atoms with Crippen LogP contribution in [0.3, 0.4) is 0 Å². The van der Waals surface area contributed by atoms with Gasteiger partial charge in [0.05, 0.1) is 0 Å². The summed E-state index contributed by atoms with van der Waals surface area (Å²) in [6.07, 6.45) is 9.08. The molecule has 0 saturated carbocycles. The molecule has 1 spiro atoms. The Kier molecular flexibility index (Phi) is 5.85. The Morgan fingerprint density at radius 1 is 1.06 bits per heavy atom. The number of nitrogens with one attached hydrogen (secondary N) is 1. The number of carbonyl (C=O) groups excluding carboxylic acids is 1. The average molecular weight is 452 g/mol. The number of carbonyl (C=O) groups is 1. The van der Waals surface area contributed by atoms with Gasteiger partial charge in [-0.25, -0.2) is 0 Å². The van der Waals surface area contributed by atoms with Crippen LogP contribution in [0.1, 0.15) is 36.0 Å². The molecule has 2 aliphatic heterocycles. The number of hydrogen-bond donors (Lipinski definition) is 1. The van der Waals surface area contributed by atoms with E-state index in [-0.39, 0.29) is 5.91 Å². The Morgan fingerprint density at radius 2 is 1.74 bits per heavy atom. The van der Waals surface area contributed by atoms with Crippen LogP contribution in [-0.4, -0.2) is 53.0 Å². The van der Waals surface area contributed by atoms with Gasteiger partial charge in [0.25, 0.3) is 0 Å². The van der Waals surface area contributed by atoms with Gasteiger partial charge in [0.2, 0.25) is 5.91 Å². The molecule has 31 heavy (non-hydrogen) atoms. The number of nitrogens with zero attached hydrogens (tertiary/aromatic N) is 2. The zero-order valence-corrected chi connectivity index (χ0v) is 19.4. The molecule has 162 valence electrons. The van der Waals surface area contributed by atoms with Gasteiger partial charge in [-0.3, -0.25) is 4.79 Å². The second kappa shape index (κ2) is 8.75. The van der Waals surface area contributed by atoms with Crippen LogP contribution in [0, 0.1) is 5.41 Å². The van der Waals surface area contributed by atoms with Crippen molar-refractivity contribution in [2.24, 2.45) is 5.41 Å². The van der Waals surface area contributed by atoms with E-state index >= 15 is 0 Å². The maximum atomic E-state index is 12.6. The Labute approximate surface area is 193 Å². The molecule has 5 rings (SSSR count). The molecule has 1 amide bonds. The fourth-order valence-electron chi connectivity index (χ4n) is 5.29. The highest BCUT2D eigenvalue weighted by Gasteiger charge is 2.42. The van der Waals surface area contributed by atoms with Crippen LogP contribution in [0.2, 0.25) is 0 Å². The number of hydrogen-bond acceptors (Lipinski definition) is 3. The van der Waals surface area contributed by atoms with Crippen LogP contribution in [0.5, 0.6) is 0 Å². The van der Waals surface area contributed by atoms with E-state index in [1.807, 2.05) is 22.4 Å². The third-order valence-electron chi connectivity index (χ3n) is 7.20. The van der Waals surface area contributed by atoms with Crippen LogP contribution in [0.4, 0.5) is 0 Å². The lowest BCUT2D eigenvalue weighted by Crippen LogP contribution is -2.47. The van der Waals surface area contributed by atoms with Crippen LogP contribution in [-0.2, 0) is 17.6 Å². The van der Waals surface area contributed by atoms with Gasteiger partial charge in [-0.2, -0.15) is 11.3 Å². The molecule has 2 aromatic rings. The highest BCUT2D eigenvalue weighted by molar-refractivity contribution is 7.80. The molecular formula is C25H29N3OS2. The standard InChI is InChI=1S/C25H29N3OS2/c29-23(6-5-19-7-14-31-17-19)27-11-8-25(9-12-27)10-13-28(18-25)24(30)26-22-15-20-3-1-2-4-21(20)16-22/h1-7,14,17,22H,8-13,15-16,18H2,(H,26,30)/b6-5+. The second-order valence-electron chi connectivity index (χ2n) is 9.21. The first-order valence-corrected chi connectivity index (χ1v) is 12.6. The maximum Gasteiger partial charge on any atom is 0.246 e. The van der Waals surface area contributed by atoms with Crippen LogP contribution < -0.4 is 5.32 Å². The smallest absolute Gasteiger partial charge is 0.246 e.